The van der Waals surface area contributed by atoms with E-state index in [9.17, 15) is 14.4 Å². The van der Waals surface area contributed by atoms with Gasteiger partial charge in [-0.25, -0.2) is 0 Å². The van der Waals surface area contributed by atoms with E-state index in [1.807, 2.05) is 29.2 Å². The highest BCUT2D eigenvalue weighted by atomic mass is 35.5. The van der Waals surface area contributed by atoms with Crippen LogP contribution in [-0.4, -0.2) is 66.8 Å². The van der Waals surface area contributed by atoms with E-state index in [1.54, 1.807) is 29.2 Å². The van der Waals surface area contributed by atoms with Gasteiger partial charge in [0.25, 0.3) is 0 Å². The predicted octanol–water partition coefficient (Wildman–Crippen LogP) is 3.04. The minimum atomic E-state index is -0.339. The second kappa shape index (κ2) is 10.4. The molecule has 174 valence electrons. The molecule has 33 heavy (non-hydrogen) atoms. The molecule has 0 saturated carbocycles. The van der Waals surface area contributed by atoms with Crippen molar-refractivity contribution in [1.29, 1.82) is 0 Å². The van der Waals surface area contributed by atoms with Crippen LogP contribution in [0.1, 0.15) is 18.9 Å². The number of nitrogens with zero attached hydrogens (tertiary/aromatic N) is 3. The molecule has 0 aliphatic carbocycles. The van der Waals surface area contributed by atoms with E-state index in [-0.39, 0.29) is 30.1 Å². The summed E-state index contributed by atoms with van der Waals surface area (Å²) >= 11 is 5.94. The molecular formula is C25H29ClN4O3. The zero-order valence-electron chi connectivity index (χ0n) is 18.8. The van der Waals surface area contributed by atoms with E-state index >= 15 is 0 Å². The van der Waals surface area contributed by atoms with Gasteiger partial charge in [-0.15, -0.1) is 0 Å². The summed E-state index contributed by atoms with van der Waals surface area (Å²) in [6, 6.07) is 14.9. The molecule has 7 nitrogen and oxygen atoms in total. The molecule has 2 aromatic carbocycles. The average molecular weight is 469 g/mol. The Balaban J connectivity index is 1.26. The Hall–Kier alpha value is -2.90. The van der Waals surface area contributed by atoms with Gasteiger partial charge in [0, 0.05) is 55.5 Å². The smallest absolute Gasteiger partial charge is 0.238 e. The maximum Gasteiger partial charge on any atom is 0.238 e. The predicted molar refractivity (Wildman–Crippen MR) is 129 cm³/mol. The molecule has 1 N–H and O–H groups in total. The zero-order valence-corrected chi connectivity index (χ0v) is 19.6. The first-order chi connectivity index (χ1) is 15.9. The van der Waals surface area contributed by atoms with Crippen molar-refractivity contribution >= 4 is 40.7 Å². The second-order valence-electron chi connectivity index (χ2n) is 8.54. The van der Waals surface area contributed by atoms with E-state index < -0.39 is 0 Å². The van der Waals surface area contributed by atoms with Crippen LogP contribution >= 0.6 is 11.6 Å². The number of halogens is 1. The second-order valence-corrected chi connectivity index (χ2v) is 8.98. The number of nitrogens with one attached hydrogen (secondary N) is 1. The Bertz CT molecular complexity index is 1020. The van der Waals surface area contributed by atoms with Crippen molar-refractivity contribution in [2.24, 2.45) is 5.92 Å². The number of hydrogen-bond donors (Lipinski definition) is 1. The standard InChI is InChI=1S/C25H29ClN4O3/c1-2-18-5-3-4-6-22(18)27-23(31)17-28-11-13-29(14-12-28)25(33)19-15-24(32)30(16-19)21-9-7-20(26)8-10-21/h3-10,19H,2,11-17H2,1H3,(H,27,31). The summed E-state index contributed by atoms with van der Waals surface area (Å²) in [7, 11) is 0. The van der Waals surface area contributed by atoms with Crippen molar-refractivity contribution in [3.05, 3.63) is 59.1 Å². The Morgan fingerprint density at radius 2 is 1.73 bits per heavy atom. The SMILES string of the molecule is CCc1ccccc1NC(=O)CN1CCN(C(=O)C2CC(=O)N(c3ccc(Cl)cc3)C2)CC1. The number of amides is 3. The van der Waals surface area contributed by atoms with Crippen molar-refractivity contribution in [3.63, 3.8) is 0 Å². The van der Waals surface area contributed by atoms with Crippen LogP contribution in [0.15, 0.2) is 48.5 Å². The Labute approximate surface area is 199 Å². The monoisotopic (exact) mass is 468 g/mol. The topological polar surface area (TPSA) is 73.0 Å². The molecule has 2 aliphatic heterocycles. The zero-order chi connectivity index (χ0) is 23.4. The normalized spacial score (nSPS) is 19.1. The number of benzene rings is 2. The molecule has 0 aromatic heterocycles. The number of piperazine rings is 1. The molecular weight excluding hydrogens is 440 g/mol. The Kier molecular flexibility index (Phi) is 7.30. The number of anilines is 2. The number of aryl methyl sites for hydroxylation is 1. The van der Waals surface area contributed by atoms with Crippen molar-refractivity contribution in [2.45, 2.75) is 19.8 Å². The van der Waals surface area contributed by atoms with Crippen LogP contribution in [0, 0.1) is 5.92 Å². The lowest BCUT2D eigenvalue weighted by Crippen LogP contribution is -2.52. The minimum absolute atomic E-state index is 0.0146. The molecule has 2 aromatic rings. The van der Waals surface area contributed by atoms with Gasteiger partial charge in [-0.3, -0.25) is 19.3 Å². The van der Waals surface area contributed by atoms with Gasteiger partial charge in [-0.1, -0.05) is 36.7 Å². The van der Waals surface area contributed by atoms with Crippen LogP contribution < -0.4 is 10.2 Å². The fraction of sp³-hybridized carbons (Fsp3) is 0.400. The average Bonchev–Trinajstić information content (AvgIpc) is 3.21. The molecule has 0 bridgehead atoms. The van der Waals surface area contributed by atoms with Crippen LogP contribution in [-0.2, 0) is 20.8 Å². The van der Waals surface area contributed by atoms with Crippen LogP contribution in [0.5, 0.6) is 0 Å². The number of carbonyl (C=O) groups is 3. The highest BCUT2D eigenvalue weighted by molar-refractivity contribution is 6.30. The lowest BCUT2D eigenvalue weighted by molar-refractivity contribution is -0.137. The molecule has 1 unspecified atom stereocenters. The first-order valence-electron chi connectivity index (χ1n) is 11.4. The van der Waals surface area contributed by atoms with Gasteiger partial charge in [0.1, 0.15) is 0 Å². The third-order valence-electron chi connectivity index (χ3n) is 6.34. The molecule has 1 atom stereocenters. The third-order valence-corrected chi connectivity index (χ3v) is 6.59. The third kappa shape index (κ3) is 5.54. The highest BCUT2D eigenvalue weighted by Gasteiger charge is 2.38. The lowest BCUT2D eigenvalue weighted by atomic mass is 10.1. The summed E-state index contributed by atoms with van der Waals surface area (Å²) in [6.45, 7) is 5.14. The van der Waals surface area contributed by atoms with Gasteiger partial charge in [0.2, 0.25) is 17.7 Å². The summed E-state index contributed by atoms with van der Waals surface area (Å²) in [5.41, 5.74) is 2.73. The van der Waals surface area contributed by atoms with Gasteiger partial charge in [0.15, 0.2) is 0 Å². The van der Waals surface area contributed by atoms with E-state index in [4.69, 9.17) is 11.6 Å². The summed E-state index contributed by atoms with van der Waals surface area (Å²) < 4.78 is 0. The fourth-order valence-electron chi connectivity index (χ4n) is 4.47. The quantitative estimate of drug-likeness (QED) is 0.707. The Morgan fingerprint density at radius 3 is 2.42 bits per heavy atom. The number of rotatable bonds is 6. The number of para-hydroxylation sites is 1. The van der Waals surface area contributed by atoms with Gasteiger partial charge in [0.05, 0.1) is 12.5 Å². The molecule has 0 spiro atoms. The summed E-state index contributed by atoms with van der Waals surface area (Å²) in [5, 5.41) is 3.61. The minimum Gasteiger partial charge on any atom is -0.340 e. The van der Waals surface area contributed by atoms with Gasteiger partial charge in [-0.05, 0) is 42.3 Å². The van der Waals surface area contributed by atoms with Crippen LogP contribution in [0.2, 0.25) is 5.02 Å². The van der Waals surface area contributed by atoms with E-state index in [0.717, 1.165) is 23.4 Å². The number of hydrogen-bond acceptors (Lipinski definition) is 4. The van der Waals surface area contributed by atoms with Gasteiger partial charge < -0.3 is 15.1 Å². The maximum atomic E-state index is 13.0. The molecule has 2 saturated heterocycles. The fourth-order valence-corrected chi connectivity index (χ4v) is 4.60. The molecule has 8 heteroatoms. The first kappa shape index (κ1) is 23.3. The van der Waals surface area contributed by atoms with Gasteiger partial charge >= 0.3 is 0 Å². The van der Waals surface area contributed by atoms with Gasteiger partial charge in [-0.2, -0.15) is 0 Å². The number of carbonyl (C=O) groups excluding carboxylic acids is 3. The van der Waals surface area contributed by atoms with E-state index in [2.05, 4.69) is 17.1 Å². The van der Waals surface area contributed by atoms with Crippen LogP contribution in [0.3, 0.4) is 0 Å². The van der Waals surface area contributed by atoms with E-state index in [0.29, 0.717) is 44.3 Å². The largest absolute Gasteiger partial charge is 0.340 e. The molecule has 3 amide bonds. The van der Waals surface area contributed by atoms with Crippen molar-refractivity contribution in [1.82, 2.24) is 9.80 Å². The lowest BCUT2D eigenvalue weighted by Gasteiger charge is -2.35. The van der Waals surface area contributed by atoms with Crippen molar-refractivity contribution in [3.8, 4) is 0 Å². The summed E-state index contributed by atoms with van der Waals surface area (Å²) in [4.78, 5) is 43.6. The van der Waals surface area contributed by atoms with E-state index in [1.165, 1.54) is 0 Å². The molecule has 4 rings (SSSR count). The summed E-state index contributed by atoms with van der Waals surface area (Å²) in [5.74, 6) is -0.414. The maximum absolute atomic E-state index is 13.0. The van der Waals surface area contributed by atoms with Crippen LogP contribution in [0.25, 0.3) is 0 Å². The molecule has 0 radical (unpaired) electrons. The van der Waals surface area contributed by atoms with Crippen LogP contribution in [0.4, 0.5) is 11.4 Å². The first-order valence-corrected chi connectivity index (χ1v) is 11.8. The molecule has 2 fully saturated rings. The molecule has 2 heterocycles. The van der Waals surface area contributed by atoms with Crippen molar-refractivity contribution < 1.29 is 14.4 Å². The summed E-state index contributed by atoms with van der Waals surface area (Å²) in [6.07, 6.45) is 1.08. The Morgan fingerprint density at radius 1 is 1.03 bits per heavy atom. The molecule has 2 aliphatic rings. The van der Waals surface area contributed by atoms with Crippen molar-refractivity contribution in [2.75, 3.05) is 49.5 Å². The highest BCUT2D eigenvalue weighted by Crippen LogP contribution is 2.27.